The summed E-state index contributed by atoms with van der Waals surface area (Å²) >= 11 is 0. The second kappa shape index (κ2) is 13.7. The molecular formula is C16H32O3. The van der Waals surface area contributed by atoms with Crippen molar-refractivity contribution in [2.24, 2.45) is 0 Å². The first-order valence-electron chi connectivity index (χ1n) is 8.04. The number of carbonyl (C=O) groups excluding carboxylic acids is 1. The van der Waals surface area contributed by atoms with E-state index in [1.807, 2.05) is 0 Å². The Balaban J connectivity index is 0.000000388. The van der Waals surface area contributed by atoms with Crippen LogP contribution in [0.3, 0.4) is 0 Å². The number of rotatable bonds is 9. The molecule has 114 valence electrons. The first-order chi connectivity index (χ1) is 9.20. The first kappa shape index (κ1) is 18.3. The van der Waals surface area contributed by atoms with Gasteiger partial charge in [0, 0.05) is 0 Å². The lowest BCUT2D eigenvalue weighted by Gasteiger charge is -1.99. The predicted octanol–water partition coefficient (Wildman–Crippen LogP) is 5.47. The lowest BCUT2D eigenvalue weighted by atomic mass is 10.1. The van der Waals surface area contributed by atoms with Gasteiger partial charge in [0.15, 0.2) is 0 Å². The van der Waals surface area contributed by atoms with Crippen molar-refractivity contribution >= 4 is 6.16 Å². The summed E-state index contributed by atoms with van der Waals surface area (Å²) in [6, 6.07) is 0. The fourth-order valence-electron chi connectivity index (χ4n) is 1.98. The summed E-state index contributed by atoms with van der Waals surface area (Å²) in [6.45, 7) is 6.74. The average molecular weight is 272 g/mol. The number of hydrogen-bond acceptors (Lipinski definition) is 3. The van der Waals surface area contributed by atoms with Crippen LogP contribution in [-0.4, -0.2) is 18.9 Å². The van der Waals surface area contributed by atoms with Gasteiger partial charge < -0.3 is 9.47 Å². The van der Waals surface area contributed by atoms with Crippen molar-refractivity contribution in [1.82, 2.24) is 0 Å². The highest BCUT2D eigenvalue weighted by Gasteiger charge is 2.19. The zero-order chi connectivity index (χ0) is 14.3. The Kier molecular flexibility index (Phi) is 13.2. The molecule has 1 fully saturated rings. The summed E-state index contributed by atoms with van der Waals surface area (Å²) in [7, 11) is 0. The lowest BCUT2D eigenvalue weighted by molar-refractivity contribution is 0.121. The predicted molar refractivity (Wildman–Crippen MR) is 79.4 cm³/mol. The zero-order valence-electron chi connectivity index (χ0n) is 13.1. The fourth-order valence-corrected chi connectivity index (χ4v) is 1.98. The topological polar surface area (TPSA) is 35.5 Å². The van der Waals surface area contributed by atoms with Crippen molar-refractivity contribution in [1.29, 1.82) is 0 Å². The molecule has 0 aromatic rings. The van der Waals surface area contributed by atoms with E-state index >= 15 is 0 Å². The van der Waals surface area contributed by atoms with Crippen LogP contribution in [0, 0.1) is 0 Å². The first-order valence-corrected chi connectivity index (χ1v) is 8.04. The van der Waals surface area contributed by atoms with E-state index in [9.17, 15) is 4.79 Å². The minimum Gasteiger partial charge on any atom is -0.430 e. The number of ether oxygens (including phenoxy) is 2. The van der Waals surface area contributed by atoms with E-state index in [0.717, 1.165) is 0 Å². The Bertz CT molecular complexity index is 194. The molecular weight excluding hydrogens is 240 g/mol. The van der Waals surface area contributed by atoms with Crippen LogP contribution < -0.4 is 0 Å². The minimum atomic E-state index is -0.549. The van der Waals surface area contributed by atoms with Crippen LogP contribution in [0.1, 0.15) is 85.0 Å². The minimum absolute atomic E-state index is 0.0486. The molecule has 0 aliphatic carbocycles. The number of unbranched alkanes of at least 4 members (excludes halogenated alkanes) is 9. The van der Waals surface area contributed by atoms with E-state index in [0.29, 0.717) is 6.61 Å². The van der Waals surface area contributed by atoms with Crippen molar-refractivity contribution in [2.75, 3.05) is 6.61 Å². The van der Waals surface area contributed by atoms with Crippen LogP contribution in [0.25, 0.3) is 0 Å². The normalized spacial score (nSPS) is 17.4. The molecule has 1 aliphatic rings. The van der Waals surface area contributed by atoms with Crippen LogP contribution in [0.4, 0.5) is 4.79 Å². The molecule has 1 saturated heterocycles. The highest BCUT2D eigenvalue weighted by atomic mass is 16.8. The molecule has 3 nitrogen and oxygen atoms in total. The molecule has 1 rings (SSSR count). The number of hydrogen-bond donors (Lipinski definition) is 0. The van der Waals surface area contributed by atoms with E-state index in [2.05, 4.69) is 23.3 Å². The van der Waals surface area contributed by atoms with Crippen molar-refractivity contribution in [2.45, 2.75) is 91.1 Å². The molecule has 3 heteroatoms. The molecule has 0 saturated carbocycles. The van der Waals surface area contributed by atoms with E-state index in [1.165, 1.54) is 64.2 Å². The molecule has 0 radical (unpaired) electrons. The van der Waals surface area contributed by atoms with Crippen molar-refractivity contribution < 1.29 is 14.3 Å². The lowest BCUT2D eigenvalue weighted by Crippen LogP contribution is -2.01. The van der Waals surface area contributed by atoms with Gasteiger partial charge in [-0.2, -0.15) is 0 Å². The van der Waals surface area contributed by atoms with Gasteiger partial charge in [-0.15, -0.1) is 0 Å². The molecule has 1 atom stereocenters. The Morgan fingerprint density at radius 1 is 0.895 bits per heavy atom. The number of cyclic esters (lactones) is 2. The average Bonchev–Trinajstić information content (AvgIpc) is 2.77. The van der Waals surface area contributed by atoms with Gasteiger partial charge in [0.2, 0.25) is 0 Å². The largest absolute Gasteiger partial charge is 0.508 e. The third-order valence-electron chi connectivity index (χ3n) is 3.19. The third kappa shape index (κ3) is 13.5. The summed E-state index contributed by atoms with van der Waals surface area (Å²) in [5.41, 5.74) is 0. The van der Waals surface area contributed by atoms with Gasteiger partial charge in [0.1, 0.15) is 12.7 Å². The molecule has 0 aromatic carbocycles. The molecule has 1 unspecified atom stereocenters. The molecule has 19 heavy (non-hydrogen) atoms. The van der Waals surface area contributed by atoms with E-state index < -0.39 is 6.16 Å². The molecule has 0 bridgehead atoms. The Hall–Kier alpha value is -0.730. The van der Waals surface area contributed by atoms with Crippen LogP contribution >= 0.6 is 0 Å². The van der Waals surface area contributed by atoms with Crippen LogP contribution in [0.2, 0.25) is 0 Å². The van der Waals surface area contributed by atoms with Crippen LogP contribution in [0.15, 0.2) is 0 Å². The summed E-state index contributed by atoms with van der Waals surface area (Å²) in [4.78, 5) is 10.0. The van der Waals surface area contributed by atoms with Gasteiger partial charge in [-0.25, -0.2) is 4.79 Å². The number of carbonyl (C=O) groups is 1. The molecule has 0 aromatic heterocycles. The van der Waals surface area contributed by atoms with E-state index in [-0.39, 0.29) is 6.10 Å². The van der Waals surface area contributed by atoms with Gasteiger partial charge in [-0.3, -0.25) is 0 Å². The summed E-state index contributed by atoms with van der Waals surface area (Å²) in [6.07, 6.45) is 13.8. The van der Waals surface area contributed by atoms with Crippen molar-refractivity contribution in [3.8, 4) is 0 Å². The molecule has 0 spiro atoms. The van der Waals surface area contributed by atoms with Crippen LogP contribution in [-0.2, 0) is 9.47 Å². The van der Waals surface area contributed by atoms with Crippen LogP contribution in [0.5, 0.6) is 0 Å². The van der Waals surface area contributed by atoms with Gasteiger partial charge in [0.25, 0.3) is 0 Å². The third-order valence-corrected chi connectivity index (χ3v) is 3.19. The molecule has 1 aliphatic heterocycles. The van der Waals surface area contributed by atoms with E-state index in [1.54, 1.807) is 6.92 Å². The standard InChI is InChI=1S/C12H26.C4H6O3/c1-3-5-7-9-11-12-10-8-6-4-2;1-3-2-6-4(5)7-3/h3-12H2,1-2H3;3H,2H2,1H3. The fraction of sp³-hybridized carbons (Fsp3) is 0.938. The Morgan fingerprint density at radius 2 is 1.32 bits per heavy atom. The highest BCUT2D eigenvalue weighted by Crippen LogP contribution is 2.09. The maximum Gasteiger partial charge on any atom is 0.508 e. The summed E-state index contributed by atoms with van der Waals surface area (Å²) in [5.74, 6) is 0. The quantitative estimate of drug-likeness (QED) is 0.412. The van der Waals surface area contributed by atoms with E-state index in [4.69, 9.17) is 0 Å². The smallest absolute Gasteiger partial charge is 0.430 e. The second-order valence-corrected chi connectivity index (χ2v) is 5.32. The van der Waals surface area contributed by atoms with Gasteiger partial charge in [-0.05, 0) is 6.92 Å². The monoisotopic (exact) mass is 272 g/mol. The maximum absolute atomic E-state index is 10.0. The SMILES string of the molecule is CC1COC(=O)O1.CCCCCCCCCCCC. The summed E-state index contributed by atoms with van der Waals surface area (Å²) in [5, 5.41) is 0. The molecule has 1 heterocycles. The van der Waals surface area contributed by atoms with Crippen molar-refractivity contribution in [3.63, 3.8) is 0 Å². The van der Waals surface area contributed by atoms with Gasteiger partial charge in [0.05, 0.1) is 0 Å². The zero-order valence-corrected chi connectivity index (χ0v) is 13.1. The molecule has 0 amide bonds. The Labute approximate surface area is 119 Å². The second-order valence-electron chi connectivity index (χ2n) is 5.32. The highest BCUT2D eigenvalue weighted by molar-refractivity contribution is 5.61. The maximum atomic E-state index is 10.0. The summed E-state index contributed by atoms with van der Waals surface area (Å²) < 4.78 is 8.90. The van der Waals surface area contributed by atoms with Gasteiger partial charge in [-0.1, -0.05) is 78.1 Å². The Morgan fingerprint density at radius 3 is 1.53 bits per heavy atom. The van der Waals surface area contributed by atoms with Crippen molar-refractivity contribution in [3.05, 3.63) is 0 Å². The van der Waals surface area contributed by atoms with Gasteiger partial charge >= 0.3 is 6.16 Å². The molecule has 0 N–H and O–H groups in total.